The number of aliphatic hydroxyl groups is 2. The van der Waals surface area contributed by atoms with Gasteiger partial charge in [-0.1, -0.05) is 61.7 Å². The lowest BCUT2D eigenvalue weighted by molar-refractivity contribution is -0.116. The Morgan fingerprint density at radius 2 is 1.81 bits per heavy atom. The van der Waals surface area contributed by atoms with E-state index >= 15 is 0 Å². The molecule has 1 saturated carbocycles. The minimum Gasteiger partial charge on any atom is -0.442 e. The number of hydrogen-bond acceptors (Lipinski definition) is 6. The number of carbonyl (C=O) groups is 1. The molecule has 192 valence electrons. The number of hydrogen-bond donors (Lipinski definition) is 3. The molecule has 1 aliphatic rings. The first kappa shape index (κ1) is 26.1. The minimum atomic E-state index is -1.22. The van der Waals surface area contributed by atoms with Gasteiger partial charge >= 0.3 is 0 Å². The topological polar surface area (TPSA) is 98.8 Å². The molecular weight excluding hydrogens is 454 g/mol. The molecule has 3 N–H and O–H groups in total. The highest BCUT2D eigenvalue weighted by molar-refractivity contribution is 5.90. The van der Waals surface area contributed by atoms with Crippen LogP contribution in [0, 0.1) is 5.92 Å². The van der Waals surface area contributed by atoms with Gasteiger partial charge in [0.2, 0.25) is 11.8 Å². The van der Waals surface area contributed by atoms with Crippen molar-refractivity contribution >= 4 is 11.6 Å². The van der Waals surface area contributed by atoms with Crippen molar-refractivity contribution in [1.29, 1.82) is 0 Å². The van der Waals surface area contributed by atoms with Crippen molar-refractivity contribution in [2.75, 3.05) is 25.5 Å². The lowest BCUT2D eigenvalue weighted by Crippen LogP contribution is -2.38. The Bertz CT molecular complexity index is 1090. The molecule has 0 bridgehead atoms. The highest BCUT2D eigenvalue weighted by Gasteiger charge is 2.44. The summed E-state index contributed by atoms with van der Waals surface area (Å²) in [5, 5.41) is 24.0. The largest absolute Gasteiger partial charge is 0.442 e. The zero-order chi connectivity index (χ0) is 25.4. The summed E-state index contributed by atoms with van der Waals surface area (Å²) in [4.78, 5) is 18.9. The lowest BCUT2D eigenvalue weighted by atomic mass is 9.73. The Balaban J connectivity index is 1.32. The fraction of sp³-hybridized carbons (Fsp3) is 0.448. The second-order valence-corrected chi connectivity index (χ2v) is 9.81. The first-order valence-electron chi connectivity index (χ1n) is 12.9. The molecule has 4 rings (SSSR count). The van der Waals surface area contributed by atoms with Crippen molar-refractivity contribution in [2.45, 2.75) is 57.2 Å². The quantitative estimate of drug-likeness (QED) is 0.366. The molecule has 7 nitrogen and oxygen atoms in total. The molecule has 1 aromatic heterocycles. The predicted molar refractivity (Wildman–Crippen MR) is 139 cm³/mol. The second-order valence-electron chi connectivity index (χ2n) is 9.81. The number of benzene rings is 2. The number of oxazole rings is 1. The lowest BCUT2D eigenvalue weighted by Gasteiger charge is -2.36. The van der Waals surface area contributed by atoms with E-state index in [-0.39, 0.29) is 18.4 Å². The summed E-state index contributed by atoms with van der Waals surface area (Å²) in [5.74, 6) is 1.14. The third kappa shape index (κ3) is 6.40. The fourth-order valence-electron chi connectivity index (χ4n) is 4.97. The van der Waals surface area contributed by atoms with Gasteiger partial charge < -0.3 is 24.8 Å². The fourth-order valence-corrected chi connectivity index (χ4v) is 4.97. The Labute approximate surface area is 213 Å². The van der Waals surface area contributed by atoms with Crippen LogP contribution in [0.15, 0.2) is 65.2 Å². The maximum Gasteiger partial charge on any atom is 0.231 e. The molecule has 7 heteroatoms. The van der Waals surface area contributed by atoms with Crippen molar-refractivity contribution in [1.82, 2.24) is 9.88 Å². The molecule has 1 fully saturated rings. The normalized spacial score (nSPS) is 16.1. The molecule has 3 aromatic rings. The molecule has 36 heavy (non-hydrogen) atoms. The van der Waals surface area contributed by atoms with E-state index in [1.165, 1.54) is 6.42 Å². The SMILES string of the molecule is CN(CCC(=O)Nc1ccc(CO)cc1)CCc1cnc([C@](O)(c2ccccc2)C2CCCCC2)o1. The van der Waals surface area contributed by atoms with Gasteiger partial charge in [-0.2, -0.15) is 0 Å². The van der Waals surface area contributed by atoms with Gasteiger partial charge in [-0.15, -0.1) is 0 Å². The molecule has 1 heterocycles. The average Bonchev–Trinajstić information content (AvgIpc) is 3.41. The number of aliphatic hydroxyl groups excluding tert-OH is 1. The van der Waals surface area contributed by atoms with E-state index in [4.69, 9.17) is 9.52 Å². The van der Waals surface area contributed by atoms with E-state index in [9.17, 15) is 9.90 Å². The van der Waals surface area contributed by atoms with Crippen LogP contribution in [0.5, 0.6) is 0 Å². The smallest absolute Gasteiger partial charge is 0.231 e. The van der Waals surface area contributed by atoms with Gasteiger partial charge in [-0.25, -0.2) is 4.98 Å². The molecular formula is C29H37N3O4. The van der Waals surface area contributed by atoms with Crippen molar-refractivity contribution in [3.63, 3.8) is 0 Å². The van der Waals surface area contributed by atoms with E-state index < -0.39 is 5.60 Å². The van der Waals surface area contributed by atoms with Crippen LogP contribution in [0.25, 0.3) is 0 Å². The van der Waals surface area contributed by atoms with Crippen LogP contribution < -0.4 is 5.32 Å². The number of amides is 1. The van der Waals surface area contributed by atoms with Crippen molar-refractivity contribution < 1.29 is 19.4 Å². The summed E-state index contributed by atoms with van der Waals surface area (Å²) in [6, 6.07) is 16.9. The van der Waals surface area contributed by atoms with Crippen LogP contribution in [0.4, 0.5) is 5.69 Å². The van der Waals surface area contributed by atoms with Crippen molar-refractivity contribution in [3.05, 3.63) is 83.6 Å². The van der Waals surface area contributed by atoms with Crippen LogP contribution in [-0.2, 0) is 23.4 Å². The maximum atomic E-state index is 12.3. The number of likely N-dealkylation sites (N-methyl/N-ethyl adjacent to an activating group) is 1. The number of rotatable bonds is 11. The molecule has 1 aliphatic carbocycles. The summed E-state index contributed by atoms with van der Waals surface area (Å²) < 4.78 is 6.15. The molecule has 0 radical (unpaired) electrons. The third-order valence-electron chi connectivity index (χ3n) is 7.17. The predicted octanol–water partition coefficient (Wildman–Crippen LogP) is 4.49. The molecule has 1 amide bonds. The van der Waals surface area contributed by atoms with E-state index in [0.717, 1.165) is 48.3 Å². The Morgan fingerprint density at radius 3 is 2.50 bits per heavy atom. The standard InChI is InChI=1S/C29H37N3O4/c1-32(19-17-27(34)31-25-14-12-22(21-33)13-15-25)18-16-26-20-30-28(36-26)29(35,23-8-4-2-5-9-23)24-10-6-3-7-11-24/h2,4-5,8-9,12-15,20,24,33,35H,3,6-7,10-11,16-19,21H2,1H3,(H,31,34)/t29-/m0/s1. The molecule has 0 aliphatic heterocycles. The minimum absolute atomic E-state index is 0.0160. The van der Waals surface area contributed by atoms with Gasteiger partial charge in [-0.05, 0) is 43.1 Å². The van der Waals surface area contributed by atoms with Crippen LogP contribution >= 0.6 is 0 Å². The van der Waals surface area contributed by atoms with Gasteiger partial charge in [0.25, 0.3) is 0 Å². The maximum absolute atomic E-state index is 12.3. The Hall–Kier alpha value is -3.00. The van der Waals surface area contributed by atoms with Gasteiger partial charge in [0, 0.05) is 37.5 Å². The van der Waals surface area contributed by atoms with E-state index in [1.54, 1.807) is 30.5 Å². The van der Waals surface area contributed by atoms with Crippen molar-refractivity contribution in [2.24, 2.45) is 5.92 Å². The summed E-state index contributed by atoms with van der Waals surface area (Å²) in [6.07, 6.45) is 8.08. The zero-order valence-corrected chi connectivity index (χ0v) is 21.0. The third-order valence-corrected chi connectivity index (χ3v) is 7.17. The number of anilines is 1. The van der Waals surface area contributed by atoms with Crippen LogP contribution in [0.3, 0.4) is 0 Å². The van der Waals surface area contributed by atoms with Gasteiger partial charge in [-0.3, -0.25) is 4.79 Å². The van der Waals surface area contributed by atoms with Gasteiger partial charge in [0.05, 0.1) is 12.8 Å². The number of aromatic nitrogens is 1. The van der Waals surface area contributed by atoms with Crippen LogP contribution in [0.2, 0.25) is 0 Å². The Morgan fingerprint density at radius 1 is 1.08 bits per heavy atom. The zero-order valence-electron chi connectivity index (χ0n) is 21.0. The van der Waals surface area contributed by atoms with Crippen LogP contribution in [0.1, 0.15) is 61.3 Å². The molecule has 0 spiro atoms. The average molecular weight is 492 g/mol. The van der Waals surface area contributed by atoms with Crippen molar-refractivity contribution in [3.8, 4) is 0 Å². The van der Waals surface area contributed by atoms with E-state index in [2.05, 4.69) is 15.2 Å². The highest BCUT2D eigenvalue weighted by atomic mass is 16.4. The second kappa shape index (κ2) is 12.3. The number of carbonyl (C=O) groups excluding carboxylic acids is 1. The molecule has 2 aromatic carbocycles. The van der Waals surface area contributed by atoms with E-state index in [0.29, 0.717) is 31.8 Å². The Kier molecular flexibility index (Phi) is 8.91. The molecule has 1 atom stereocenters. The molecule has 0 saturated heterocycles. The first-order valence-corrected chi connectivity index (χ1v) is 12.9. The monoisotopic (exact) mass is 491 g/mol. The van der Waals surface area contributed by atoms with Crippen LogP contribution in [-0.4, -0.2) is 46.1 Å². The summed E-state index contributed by atoms with van der Waals surface area (Å²) in [7, 11) is 1.98. The summed E-state index contributed by atoms with van der Waals surface area (Å²) >= 11 is 0. The molecule has 0 unspecified atom stereocenters. The highest BCUT2D eigenvalue weighted by Crippen LogP contribution is 2.43. The number of nitrogens with one attached hydrogen (secondary N) is 1. The van der Waals surface area contributed by atoms with E-state index in [1.807, 2.05) is 37.4 Å². The van der Waals surface area contributed by atoms with Gasteiger partial charge in [0.1, 0.15) is 5.76 Å². The van der Waals surface area contributed by atoms with Gasteiger partial charge in [0.15, 0.2) is 5.60 Å². The first-order chi connectivity index (χ1) is 17.5. The number of nitrogens with zero attached hydrogens (tertiary/aromatic N) is 2. The summed E-state index contributed by atoms with van der Waals surface area (Å²) in [6.45, 7) is 1.30. The summed E-state index contributed by atoms with van der Waals surface area (Å²) in [5.41, 5.74) is 1.14.